The average Bonchev–Trinajstić information content (AvgIpc) is 3.07. The summed E-state index contributed by atoms with van der Waals surface area (Å²) in [6, 6.07) is 12.8. The van der Waals surface area contributed by atoms with E-state index >= 15 is 0 Å². The van der Waals surface area contributed by atoms with Crippen molar-refractivity contribution in [2.75, 3.05) is 0 Å². The van der Waals surface area contributed by atoms with Crippen LogP contribution in [0.15, 0.2) is 59.7 Å². The summed E-state index contributed by atoms with van der Waals surface area (Å²) in [6.07, 6.45) is 3.41. The van der Waals surface area contributed by atoms with Crippen LogP contribution < -0.4 is 10.4 Å². The molecule has 0 N–H and O–H groups in total. The maximum atomic E-state index is 12.2. The van der Waals surface area contributed by atoms with Gasteiger partial charge in [0.1, 0.15) is 12.4 Å². The molecule has 0 saturated heterocycles. The van der Waals surface area contributed by atoms with E-state index in [1.165, 1.54) is 11.7 Å². The fourth-order valence-corrected chi connectivity index (χ4v) is 3.13. The van der Waals surface area contributed by atoms with E-state index in [4.69, 9.17) is 16.3 Å². The molecule has 0 aliphatic rings. The van der Waals surface area contributed by atoms with Gasteiger partial charge < -0.3 is 4.74 Å². The molecular weight excluding hydrogens is 392 g/mol. The van der Waals surface area contributed by atoms with Gasteiger partial charge in [-0.3, -0.25) is 0 Å². The fraction of sp³-hybridized carbons (Fsp3) is 0.150. The summed E-state index contributed by atoms with van der Waals surface area (Å²) in [5, 5.41) is 8.13. The maximum absolute atomic E-state index is 12.2. The van der Waals surface area contributed by atoms with E-state index in [-0.39, 0.29) is 12.3 Å². The van der Waals surface area contributed by atoms with Crippen LogP contribution in [0, 0.1) is 6.92 Å². The highest BCUT2D eigenvalue weighted by atomic mass is 35.5. The third-order valence-electron chi connectivity index (χ3n) is 4.41. The second-order valence-corrected chi connectivity index (χ2v) is 6.78. The van der Waals surface area contributed by atoms with E-state index in [9.17, 15) is 4.79 Å². The molecule has 146 valence electrons. The number of aromatic nitrogens is 6. The van der Waals surface area contributed by atoms with Gasteiger partial charge in [-0.2, -0.15) is 9.36 Å². The van der Waals surface area contributed by atoms with Crippen LogP contribution in [-0.2, 0) is 13.7 Å². The molecule has 2 heterocycles. The van der Waals surface area contributed by atoms with Gasteiger partial charge in [-0.25, -0.2) is 14.8 Å². The Hall–Kier alpha value is -3.52. The first-order valence-corrected chi connectivity index (χ1v) is 9.20. The zero-order chi connectivity index (χ0) is 20.4. The van der Waals surface area contributed by atoms with Crippen molar-refractivity contribution in [2.45, 2.75) is 13.5 Å². The van der Waals surface area contributed by atoms with Gasteiger partial charge in [-0.1, -0.05) is 17.7 Å². The molecule has 0 bridgehead atoms. The molecule has 0 aliphatic heterocycles. The molecule has 4 rings (SSSR count). The molecule has 2 aromatic carbocycles. The van der Waals surface area contributed by atoms with Crippen molar-refractivity contribution < 1.29 is 4.74 Å². The zero-order valence-corrected chi connectivity index (χ0v) is 16.5. The largest absolute Gasteiger partial charge is 0.488 e. The highest BCUT2D eigenvalue weighted by molar-refractivity contribution is 6.31. The van der Waals surface area contributed by atoms with Gasteiger partial charge in [0, 0.05) is 35.6 Å². The second kappa shape index (κ2) is 7.84. The van der Waals surface area contributed by atoms with Gasteiger partial charge in [0.15, 0.2) is 5.82 Å². The van der Waals surface area contributed by atoms with E-state index in [0.29, 0.717) is 27.8 Å². The van der Waals surface area contributed by atoms with Crippen molar-refractivity contribution in [1.82, 2.24) is 29.8 Å². The van der Waals surface area contributed by atoms with Crippen molar-refractivity contribution >= 4 is 11.6 Å². The summed E-state index contributed by atoms with van der Waals surface area (Å²) < 4.78 is 8.36. The molecule has 0 fully saturated rings. The number of hydrogen-bond acceptors (Lipinski definition) is 6. The van der Waals surface area contributed by atoms with Crippen molar-refractivity contribution in [3.05, 3.63) is 81.5 Å². The van der Waals surface area contributed by atoms with Crippen LogP contribution in [-0.4, -0.2) is 29.8 Å². The molecule has 9 heteroatoms. The first-order valence-electron chi connectivity index (χ1n) is 8.82. The van der Waals surface area contributed by atoms with E-state index in [0.717, 1.165) is 15.8 Å². The van der Waals surface area contributed by atoms with Gasteiger partial charge in [-0.15, -0.1) is 0 Å². The standard InChI is InChI=1S/C20H17ClN6O2/c1-13-11-14(19-22-9-4-10-23-19)7-8-18(13)29-12-15-16(21)5-3-6-17(15)27-20(28)26(2)24-25-27/h3-11H,12H2,1-2H3. The summed E-state index contributed by atoms with van der Waals surface area (Å²) in [5.41, 5.74) is 2.64. The van der Waals surface area contributed by atoms with Crippen LogP contribution in [0.4, 0.5) is 0 Å². The molecule has 0 amide bonds. The molecule has 0 atom stereocenters. The fourth-order valence-electron chi connectivity index (χ4n) is 2.90. The molecule has 0 aliphatic carbocycles. The lowest BCUT2D eigenvalue weighted by molar-refractivity contribution is 0.303. The summed E-state index contributed by atoms with van der Waals surface area (Å²) in [6.45, 7) is 2.11. The van der Waals surface area contributed by atoms with Crippen LogP contribution in [0.3, 0.4) is 0 Å². The number of halogens is 1. The van der Waals surface area contributed by atoms with Gasteiger partial charge >= 0.3 is 5.69 Å². The van der Waals surface area contributed by atoms with Crippen LogP contribution in [0.5, 0.6) is 5.75 Å². The Balaban J connectivity index is 1.62. The van der Waals surface area contributed by atoms with Gasteiger partial charge in [-0.05, 0) is 59.3 Å². The first-order chi connectivity index (χ1) is 14.0. The van der Waals surface area contributed by atoms with Crippen LogP contribution in [0.2, 0.25) is 5.02 Å². The number of aryl methyl sites for hydroxylation is 2. The smallest absolute Gasteiger partial charge is 0.368 e. The second-order valence-electron chi connectivity index (χ2n) is 6.38. The van der Waals surface area contributed by atoms with Crippen LogP contribution in [0.1, 0.15) is 11.1 Å². The molecule has 0 spiro atoms. The number of benzene rings is 2. The first kappa shape index (κ1) is 18.8. The normalized spacial score (nSPS) is 10.9. The lowest BCUT2D eigenvalue weighted by atomic mass is 10.1. The Morgan fingerprint density at radius 2 is 1.86 bits per heavy atom. The minimum Gasteiger partial charge on any atom is -0.488 e. The van der Waals surface area contributed by atoms with Gasteiger partial charge in [0.05, 0.1) is 5.69 Å². The molecule has 2 aromatic heterocycles. The van der Waals surface area contributed by atoms with Crippen LogP contribution in [0.25, 0.3) is 17.1 Å². The Bertz CT molecular complexity index is 1220. The van der Waals surface area contributed by atoms with E-state index in [1.807, 2.05) is 25.1 Å². The number of nitrogens with zero attached hydrogens (tertiary/aromatic N) is 6. The molecule has 4 aromatic rings. The minimum atomic E-state index is -0.364. The summed E-state index contributed by atoms with van der Waals surface area (Å²) in [4.78, 5) is 20.8. The maximum Gasteiger partial charge on any atom is 0.368 e. The van der Waals surface area contributed by atoms with Crippen LogP contribution >= 0.6 is 11.6 Å². The summed E-state index contributed by atoms with van der Waals surface area (Å²) >= 11 is 6.38. The zero-order valence-electron chi connectivity index (χ0n) is 15.8. The number of tetrazole rings is 1. The average molecular weight is 409 g/mol. The van der Waals surface area contributed by atoms with Crippen molar-refractivity contribution in [2.24, 2.45) is 7.05 Å². The van der Waals surface area contributed by atoms with E-state index < -0.39 is 0 Å². The predicted octanol–water partition coefficient (Wildman–Crippen LogP) is 2.96. The quantitative estimate of drug-likeness (QED) is 0.504. The predicted molar refractivity (Wildman–Crippen MR) is 108 cm³/mol. The molecule has 0 saturated carbocycles. The lowest BCUT2D eigenvalue weighted by Crippen LogP contribution is -2.23. The molecule has 0 radical (unpaired) electrons. The van der Waals surface area contributed by atoms with Crippen molar-refractivity contribution in [1.29, 1.82) is 0 Å². The third kappa shape index (κ3) is 3.74. The van der Waals surface area contributed by atoms with Gasteiger partial charge in [0.2, 0.25) is 0 Å². The van der Waals surface area contributed by atoms with E-state index in [1.54, 1.807) is 36.7 Å². The lowest BCUT2D eigenvalue weighted by Gasteiger charge is -2.14. The SMILES string of the molecule is Cc1cc(-c2ncccn2)ccc1OCc1c(Cl)cccc1-n1nnn(C)c1=O. The Morgan fingerprint density at radius 1 is 1.07 bits per heavy atom. The molecule has 0 unspecified atom stereocenters. The Labute approximate surface area is 171 Å². The molecular formula is C20H17ClN6O2. The highest BCUT2D eigenvalue weighted by Crippen LogP contribution is 2.27. The highest BCUT2D eigenvalue weighted by Gasteiger charge is 2.15. The van der Waals surface area contributed by atoms with Gasteiger partial charge in [0.25, 0.3) is 0 Å². The summed E-state index contributed by atoms with van der Waals surface area (Å²) in [7, 11) is 1.54. The molecule has 29 heavy (non-hydrogen) atoms. The number of rotatable bonds is 5. The minimum absolute atomic E-state index is 0.167. The third-order valence-corrected chi connectivity index (χ3v) is 4.77. The molecule has 8 nitrogen and oxygen atoms in total. The number of ether oxygens (including phenoxy) is 1. The Morgan fingerprint density at radius 3 is 2.55 bits per heavy atom. The van der Waals surface area contributed by atoms with Crippen molar-refractivity contribution in [3.63, 3.8) is 0 Å². The Kier molecular flexibility index (Phi) is 5.09. The number of hydrogen-bond donors (Lipinski definition) is 0. The summed E-state index contributed by atoms with van der Waals surface area (Å²) in [5.74, 6) is 1.35. The topological polar surface area (TPSA) is 87.7 Å². The monoisotopic (exact) mass is 408 g/mol. The van der Waals surface area contributed by atoms with Crippen molar-refractivity contribution in [3.8, 4) is 22.8 Å². The van der Waals surface area contributed by atoms with E-state index in [2.05, 4.69) is 20.4 Å².